The van der Waals surface area contributed by atoms with Gasteiger partial charge in [0, 0.05) is 17.6 Å². The van der Waals surface area contributed by atoms with E-state index in [2.05, 4.69) is 34.3 Å². The molecule has 0 aliphatic rings. The Morgan fingerprint density at radius 2 is 1.84 bits per heavy atom. The lowest BCUT2D eigenvalue weighted by Gasteiger charge is -2.22. The van der Waals surface area contributed by atoms with E-state index < -0.39 is 0 Å². The van der Waals surface area contributed by atoms with Crippen LogP contribution in [-0.2, 0) is 6.54 Å². The number of hydrogen-bond donors (Lipinski definition) is 0. The molecule has 106 valence electrons. The minimum Gasteiger partial charge on any atom is -0.493 e. The first-order valence-electron chi connectivity index (χ1n) is 6.28. The third kappa shape index (κ3) is 4.55. The van der Waals surface area contributed by atoms with Crippen molar-refractivity contribution in [1.82, 2.24) is 4.90 Å². The smallest absolute Gasteiger partial charge is 0.161 e. The SMILES string of the molecule is C=C(C)CN(CC)Cc1cc(OC)c(OC)cc1Br. The zero-order valence-corrected chi connectivity index (χ0v) is 13.7. The lowest BCUT2D eigenvalue weighted by Crippen LogP contribution is -2.24. The number of benzene rings is 1. The van der Waals surface area contributed by atoms with Gasteiger partial charge in [-0.25, -0.2) is 0 Å². The van der Waals surface area contributed by atoms with Crippen LogP contribution in [0, 0.1) is 0 Å². The second kappa shape index (κ2) is 7.56. The number of rotatable bonds is 7. The van der Waals surface area contributed by atoms with Crippen molar-refractivity contribution in [3.05, 3.63) is 34.3 Å². The van der Waals surface area contributed by atoms with Gasteiger partial charge in [-0.15, -0.1) is 0 Å². The molecule has 0 bridgehead atoms. The summed E-state index contributed by atoms with van der Waals surface area (Å²) in [6.45, 7) is 10.9. The van der Waals surface area contributed by atoms with E-state index in [4.69, 9.17) is 9.47 Å². The van der Waals surface area contributed by atoms with Crippen molar-refractivity contribution in [2.45, 2.75) is 20.4 Å². The Hall–Kier alpha value is -1.00. The third-order valence-electron chi connectivity index (χ3n) is 2.89. The fourth-order valence-electron chi connectivity index (χ4n) is 1.92. The third-order valence-corrected chi connectivity index (χ3v) is 3.63. The van der Waals surface area contributed by atoms with Crippen LogP contribution in [0.4, 0.5) is 0 Å². The lowest BCUT2D eigenvalue weighted by atomic mass is 10.1. The van der Waals surface area contributed by atoms with Crippen LogP contribution in [0.25, 0.3) is 0 Å². The van der Waals surface area contributed by atoms with Gasteiger partial charge in [0.15, 0.2) is 11.5 Å². The van der Waals surface area contributed by atoms with Crippen molar-refractivity contribution >= 4 is 15.9 Å². The van der Waals surface area contributed by atoms with Crippen molar-refractivity contribution in [3.63, 3.8) is 0 Å². The molecule has 0 spiro atoms. The summed E-state index contributed by atoms with van der Waals surface area (Å²) in [6.07, 6.45) is 0. The molecule has 0 radical (unpaired) electrons. The van der Waals surface area contributed by atoms with E-state index in [1.165, 1.54) is 11.1 Å². The summed E-state index contributed by atoms with van der Waals surface area (Å²) in [7, 11) is 3.30. The molecule has 0 fully saturated rings. The van der Waals surface area contributed by atoms with Crippen LogP contribution < -0.4 is 9.47 Å². The topological polar surface area (TPSA) is 21.7 Å². The van der Waals surface area contributed by atoms with Gasteiger partial charge >= 0.3 is 0 Å². The maximum absolute atomic E-state index is 5.35. The van der Waals surface area contributed by atoms with Gasteiger partial charge in [0.1, 0.15) is 0 Å². The molecule has 1 aromatic carbocycles. The van der Waals surface area contributed by atoms with Crippen LogP contribution in [-0.4, -0.2) is 32.2 Å². The predicted molar refractivity (Wildman–Crippen MR) is 83.0 cm³/mol. The number of likely N-dealkylation sites (N-methyl/N-ethyl adjacent to an activating group) is 1. The maximum atomic E-state index is 5.35. The Morgan fingerprint density at radius 3 is 2.32 bits per heavy atom. The van der Waals surface area contributed by atoms with Crippen molar-refractivity contribution < 1.29 is 9.47 Å². The highest BCUT2D eigenvalue weighted by Gasteiger charge is 2.12. The minimum absolute atomic E-state index is 0.737. The van der Waals surface area contributed by atoms with Crippen LogP contribution in [0.15, 0.2) is 28.8 Å². The van der Waals surface area contributed by atoms with Crippen LogP contribution in [0.2, 0.25) is 0 Å². The average molecular weight is 328 g/mol. The lowest BCUT2D eigenvalue weighted by molar-refractivity contribution is 0.302. The standard InChI is InChI=1S/C15H22BrNO2/c1-6-17(9-11(2)3)10-12-7-14(18-4)15(19-5)8-13(12)16/h7-8H,2,6,9-10H2,1,3-5H3. The van der Waals surface area contributed by atoms with Gasteiger partial charge in [-0.1, -0.05) is 35.0 Å². The molecule has 0 heterocycles. The van der Waals surface area contributed by atoms with E-state index in [1.54, 1.807) is 14.2 Å². The van der Waals surface area contributed by atoms with Crippen LogP contribution in [0.5, 0.6) is 11.5 Å². The normalized spacial score (nSPS) is 10.6. The fourth-order valence-corrected chi connectivity index (χ4v) is 2.37. The van der Waals surface area contributed by atoms with Gasteiger partial charge in [-0.2, -0.15) is 0 Å². The van der Waals surface area contributed by atoms with E-state index in [-0.39, 0.29) is 0 Å². The molecule has 0 aromatic heterocycles. The van der Waals surface area contributed by atoms with Crippen molar-refractivity contribution in [1.29, 1.82) is 0 Å². The number of hydrogen-bond acceptors (Lipinski definition) is 3. The van der Waals surface area contributed by atoms with Crippen LogP contribution >= 0.6 is 15.9 Å². The fraction of sp³-hybridized carbons (Fsp3) is 0.467. The average Bonchev–Trinajstić information content (AvgIpc) is 2.38. The van der Waals surface area contributed by atoms with Crippen molar-refractivity contribution in [3.8, 4) is 11.5 Å². The summed E-state index contributed by atoms with van der Waals surface area (Å²) in [5, 5.41) is 0. The highest BCUT2D eigenvalue weighted by molar-refractivity contribution is 9.10. The Morgan fingerprint density at radius 1 is 1.26 bits per heavy atom. The molecule has 4 heteroatoms. The van der Waals surface area contributed by atoms with Gasteiger partial charge < -0.3 is 9.47 Å². The summed E-state index contributed by atoms with van der Waals surface area (Å²) in [4.78, 5) is 2.33. The first-order valence-corrected chi connectivity index (χ1v) is 7.08. The molecule has 0 saturated carbocycles. The highest BCUT2D eigenvalue weighted by Crippen LogP contribution is 2.33. The molecule has 0 unspecified atom stereocenters. The Kier molecular flexibility index (Phi) is 6.38. The van der Waals surface area contributed by atoms with Crippen molar-refractivity contribution in [2.24, 2.45) is 0 Å². The molecule has 0 aliphatic carbocycles. The predicted octanol–water partition coefficient (Wildman–Crippen LogP) is 3.86. The first-order chi connectivity index (χ1) is 9.01. The summed E-state index contributed by atoms with van der Waals surface area (Å²) in [6, 6.07) is 3.97. The Labute approximate surface area is 124 Å². The largest absolute Gasteiger partial charge is 0.493 e. The molecule has 0 amide bonds. The molecular formula is C15H22BrNO2. The first kappa shape index (κ1) is 16.1. The molecule has 19 heavy (non-hydrogen) atoms. The highest BCUT2D eigenvalue weighted by atomic mass is 79.9. The van der Waals surface area contributed by atoms with Gasteiger partial charge in [0.2, 0.25) is 0 Å². The Bertz CT molecular complexity index is 446. The van der Waals surface area contributed by atoms with Gasteiger partial charge in [0.25, 0.3) is 0 Å². The number of methoxy groups -OCH3 is 2. The summed E-state index contributed by atoms with van der Waals surface area (Å²) in [5.74, 6) is 1.49. The molecule has 0 N–H and O–H groups in total. The zero-order chi connectivity index (χ0) is 14.4. The quantitative estimate of drug-likeness (QED) is 0.710. The molecule has 0 aliphatic heterocycles. The molecule has 1 aromatic rings. The van der Waals surface area contributed by atoms with E-state index in [0.717, 1.165) is 35.6 Å². The van der Waals surface area contributed by atoms with Crippen LogP contribution in [0.3, 0.4) is 0 Å². The van der Waals surface area contributed by atoms with E-state index in [0.29, 0.717) is 0 Å². The van der Waals surface area contributed by atoms with Gasteiger partial charge in [-0.05, 0) is 31.2 Å². The second-order valence-electron chi connectivity index (χ2n) is 4.56. The van der Waals surface area contributed by atoms with Gasteiger partial charge in [-0.3, -0.25) is 4.90 Å². The van der Waals surface area contributed by atoms with Gasteiger partial charge in [0.05, 0.1) is 14.2 Å². The monoisotopic (exact) mass is 327 g/mol. The second-order valence-corrected chi connectivity index (χ2v) is 5.41. The molecule has 3 nitrogen and oxygen atoms in total. The number of ether oxygens (including phenoxy) is 2. The van der Waals surface area contributed by atoms with E-state index >= 15 is 0 Å². The van der Waals surface area contributed by atoms with E-state index in [9.17, 15) is 0 Å². The van der Waals surface area contributed by atoms with Crippen LogP contribution in [0.1, 0.15) is 19.4 Å². The maximum Gasteiger partial charge on any atom is 0.161 e. The molecule has 0 atom stereocenters. The molecular weight excluding hydrogens is 306 g/mol. The zero-order valence-electron chi connectivity index (χ0n) is 12.1. The van der Waals surface area contributed by atoms with Crippen molar-refractivity contribution in [2.75, 3.05) is 27.3 Å². The summed E-state index contributed by atoms with van der Waals surface area (Å²) < 4.78 is 11.7. The molecule has 1 rings (SSSR count). The van der Waals surface area contributed by atoms with E-state index in [1.807, 2.05) is 19.1 Å². The number of nitrogens with zero attached hydrogens (tertiary/aromatic N) is 1. The summed E-state index contributed by atoms with van der Waals surface area (Å²) in [5.41, 5.74) is 2.35. The minimum atomic E-state index is 0.737. The Balaban J connectivity index is 2.96. The molecule has 0 saturated heterocycles. The number of halogens is 1. The summed E-state index contributed by atoms with van der Waals surface area (Å²) >= 11 is 3.59.